The number of nitrogens with zero attached hydrogens (tertiary/aromatic N) is 1. The van der Waals surface area contributed by atoms with Crippen molar-refractivity contribution in [2.75, 3.05) is 25.0 Å². The Labute approximate surface area is 148 Å². The zero-order valence-electron chi connectivity index (χ0n) is 13.7. The monoisotopic (exact) mass is 362 g/mol. The maximum Gasteiger partial charge on any atom is 0.348 e. The smallest absolute Gasteiger partial charge is 0.348 e. The van der Waals surface area contributed by atoms with Crippen LogP contribution < -0.4 is 5.32 Å². The molecule has 1 aromatic heterocycles. The number of fused-ring (bicyclic) bond motifs is 1. The first-order valence-electron chi connectivity index (χ1n) is 7.97. The van der Waals surface area contributed by atoms with Gasteiger partial charge in [-0.05, 0) is 43.0 Å². The van der Waals surface area contributed by atoms with Gasteiger partial charge in [0.15, 0.2) is 0 Å². The molecule has 0 radical (unpaired) electrons. The van der Waals surface area contributed by atoms with Crippen LogP contribution in [0.15, 0.2) is 24.3 Å². The third-order valence-corrected chi connectivity index (χ3v) is 5.17. The van der Waals surface area contributed by atoms with E-state index in [1.807, 2.05) is 6.07 Å². The van der Waals surface area contributed by atoms with Gasteiger partial charge in [0.1, 0.15) is 4.88 Å². The Hall–Kier alpha value is -2.61. The molecule has 1 fully saturated rings. The van der Waals surface area contributed by atoms with Gasteiger partial charge in [-0.3, -0.25) is 4.79 Å². The molecule has 8 heteroatoms. The van der Waals surface area contributed by atoms with Gasteiger partial charge in [-0.2, -0.15) is 0 Å². The lowest BCUT2D eigenvalue weighted by molar-refractivity contribution is -0.141. The average molecular weight is 362 g/mol. The van der Waals surface area contributed by atoms with Crippen LogP contribution in [0.25, 0.3) is 10.1 Å². The lowest BCUT2D eigenvalue weighted by atomic mass is 10.1. The van der Waals surface area contributed by atoms with E-state index in [-0.39, 0.29) is 18.5 Å². The number of hydrogen-bond donors (Lipinski definition) is 2. The van der Waals surface area contributed by atoms with Crippen LogP contribution in [-0.4, -0.2) is 47.7 Å². The van der Waals surface area contributed by atoms with Gasteiger partial charge < -0.3 is 20.1 Å². The summed E-state index contributed by atoms with van der Waals surface area (Å²) in [6, 6.07) is 6.81. The number of thiophene rings is 1. The topological polar surface area (TPSA) is 95.9 Å². The lowest BCUT2D eigenvalue weighted by Crippen LogP contribution is -2.33. The zero-order chi connectivity index (χ0) is 18.0. The molecule has 1 unspecified atom stereocenters. The number of hydrogen-bond acceptors (Lipinski definition) is 5. The second-order valence-electron chi connectivity index (χ2n) is 5.78. The predicted molar refractivity (Wildman–Crippen MR) is 94.1 cm³/mol. The summed E-state index contributed by atoms with van der Waals surface area (Å²) < 4.78 is 5.92. The number of nitrogens with one attached hydrogen (secondary N) is 1. The maximum atomic E-state index is 12.3. The quantitative estimate of drug-likeness (QED) is 0.815. The fourth-order valence-electron chi connectivity index (χ4n) is 2.77. The molecule has 0 bridgehead atoms. The lowest BCUT2D eigenvalue weighted by Gasteiger charge is -2.16. The molecule has 1 aliphatic rings. The van der Waals surface area contributed by atoms with Crippen molar-refractivity contribution in [2.24, 2.45) is 5.92 Å². The Balaban J connectivity index is 1.70. The molecule has 0 spiro atoms. The number of ether oxygens (including phenoxy) is 1. The third kappa shape index (κ3) is 3.74. The third-order valence-electron chi connectivity index (χ3n) is 4.07. The number of carboxylic acids is 1. The van der Waals surface area contributed by atoms with Crippen LogP contribution in [0.5, 0.6) is 0 Å². The van der Waals surface area contributed by atoms with Crippen molar-refractivity contribution in [2.45, 2.75) is 13.3 Å². The first-order valence-corrected chi connectivity index (χ1v) is 8.79. The van der Waals surface area contributed by atoms with Gasteiger partial charge in [0, 0.05) is 23.5 Å². The highest BCUT2D eigenvalue weighted by atomic mass is 32.1. The van der Waals surface area contributed by atoms with Crippen molar-refractivity contribution in [1.29, 1.82) is 0 Å². The molecule has 2 amide bonds. The molecular weight excluding hydrogens is 344 g/mol. The number of amides is 2. The highest BCUT2D eigenvalue weighted by Gasteiger charge is 2.30. The molecule has 7 nitrogen and oxygen atoms in total. The van der Waals surface area contributed by atoms with E-state index in [1.165, 1.54) is 16.2 Å². The minimum absolute atomic E-state index is 0.217. The largest absolute Gasteiger partial charge is 0.481 e. The first-order chi connectivity index (χ1) is 12.0. The molecule has 1 atom stereocenters. The Morgan fingerprint density at radius 1 is 1.36 bits per heavy atom. The molecule has 2 aromatic rings. The minimum Gasteiger partial charge on any atom is -0.481 e. The molecule has 0 saturated carbocycles. The van der Waals surface area contributed by atoms with Crippen molar-refractivity contribution in [3.63, 3.8) is 0 Å². The fraction of sp³-hybridized carbons (Fsp3) is 0.353. The van der Waals surface area contributed by atoms with E-state index in [4.69, 9.17) is 9.84 Å². The second kappa shape index (κ2) is 7.10. The van der Waals surface area contributed by atoms with Crippen molar-refractivity contribution in [1.82, 2.24) is 4.90 Å². The highest BCUT2D eigenvalue weighted by molar-refractivity contribution is 7.20. The Bertz CT molecular complexity index is 832. The summed E-state index contributed by atoms with van der Waals surface area (Å²) in [6.45, 7) is 2.72. The number of esters is 1. The summed E-state index contributed by atoms with van der Waals surface area (Å²) >= 11 is 1.34. The Morgan fingerprint density at radius 3 is 2.84 bits per heavy atom. The zero-order valence-corrected chi connectivity index (χ0v) is 14.5. The number of carboxylic acid groups (broad SMARTS) is 1. The molecule has 2 heterocycles. The van der Waals surface area contributed by atoms with Crippen LogP contribution in [0.4, 0.5) is 10.5 Å². The van der Waals surface area contributed by atoms with E-state index in [0.29, 0.717) is 30.1 Å². The molecule has 2 N–H and O–H groups in total. The first kappa shape index (κ1) is 17.2. The van der Waals surface area contributed by atoms with E-state index in [2.05, 4.69) is 5.32 Å². The molecular formula is C17H18N2O5S. The highest BCUT2D eigenvalue weighted by Crippen LogP contribution is 2.29. The van der Waals surface area contributed by atoms with Crippen LogP contribution in [0.3, 0.4) is 0 Å². The van der Waals surface area contributed by atoms with E-state index in [1.54, 1.807) is 25.1 Å². The number of carbonyl (C=O) groups is 3. The van der Waals surface area contributed by atoms with E-state index in [0.717, 1.165) is 10.1 Å². The molecule has 132 valence electrons. The summed E-state index contributed by atoms with van der Waals surface area (Å²) in [7, 11) is 0. The van der Waals surface area contributed by atoms with Gasteiger partial charge in [0.25, 0.3) is 0 Å². The SMILES string of the molecule is CCOC(=O)c1cc2cc(NC(=O)N3CCC(C(=O)O)C3)ccc2s1. The minimum atomic E-state index is -0.874. The molecule has 0 aliphatic carbocycles. The van der Waals surface area contributed by atoms with Crippen LogP contribution in [-0.2, 0) is 9.53 Å². The van der Waals surface area contributed by atoms with Crippen LogP contribution in [0.2, 0.25) is 0 Å². The van der Waals surface area contributed by atoms with E-state index >= 15 is 0 Å². The van der Waals surface area contributed by atoms with Crippen LogP contribution in [0.1, 0.15) is 23.0 Å². The van der Waals surface area contributed by atoms with Crippen molar-refractivity contribution in [3.05, 3.63) is 29.1 Å². The summed E-state index contributed by atoms with van der Waals surface area (Å²) in [5.74, 6) is -1.73. The standard InChI is InChI=1S/C17H18N2O5S/c1-2-24-16(22)14-8-11-7-12(3-4-13(11)25-14)18-17(23)19-6-5-10(9-19)15(20)21/h3-4,7-8,10H,2,5-6,9H2,1H3,(H,18,23)(H,20,21). The van der Waals surface area contributed by atoms with Gasteiger partial charge in [0.05, 0.1) is 12.5 Å². The normalized spacial score (nSPS) is 16.8. The summed E-state index contributed by atoms with van der Waals surface area (Å²) in [5.41, 5.74) is 0.601. The number of rotatable bonds is 4. The molecule has 1 aromatic carbocycles. The number of urea groups is 1. The number of aliphatic carboxylic acids is 1. The maximum absolute atomic E-state index is 12.3. The van der Waals surface area contributed by atoms with Crippen molar-refractivity contribution in [3.8, 4) is 0 Å². The number of anilines is 1. The van der Waals surface area contributed by atoms with Crippen molar-refractivity contribution >= 4 is 45.1 Å². The molecule has 1 saturated heterocycles. The summed E-state index contributed by atoms with van der Waals surface area (Å²) in [6.07, 6.45) is 0.467. The number of carbonyl (C=O) groups excluding carboxylic acids is 2. The Morgan fingerprint density at radius 2 is 2.16 bits per heavy atom. The average Bonchev–Trinajstić information content (AvgIpc) is 3.22. The van der Waals surface area contributed by atoms with Crippen molar-refractivity contribution < 1.29 is 24.2 Å². The number of benzene rings is 1. The van der Waals surface area contributed by atoms with E-state index in [9.17, 15) is 14.4 Å². The molecule has 1 aliphatic heterocycles. The van der Waals surface area contributed by atoms with Gasteiger partial charge in [-0.15, -0.1) is 11.3 Å². The molecule has 25 heavy (non-hydrogen) atoms. The van der Waals surface area contributed by atoms with Gasteiger partial charge in [-0.25, -0.2) is 9.59 Å². The van der Waals surface area contributed by atoms with Gasteiger partial charge in [0.2, 0.25) is 0 Å². The Kier molecular flexibility index (Phi) is 4.89. The molecule has 3 rings (SSSR count). The summed E-state index contributed by atoms with van der Waals surface area (Å²) in [5, 5.41) is 12.6. The second-order valence-corrected chi connectivity index (χ2v) is 6.87. The number of likely N-dealkylation sites (tertiary alicyclic amines) is 1. The van der Waals surface area contributed by atoms with E-state index < -0.39 is 11.9 Å². The van der Waals surface area contributed by atoms with Gasteiger partial charge >= 0.3 is 18.0 Å². The fourth-order valence-corrected chi connectivity index (χ4v) is 3.71. The van der Waals surface area contributed by atoms with Gasteiger partial charge in [-0.1, -0.05) is 0 Å². The van der Waals surface area contributed by atoms with Crippen LogP contribution in [0, 0.1) is 5.92 Å². The summed E-state index contributed by atoms with van der Waals surface area (Å²) in [4.78, 5) is 37.1. The van der Waals surface area contributed by atoms with Crippen LogP contribution >= 0.6 is 11.3 Å². The predicted octanol–water partition coefficient (Wildman–Crippen LogP) is 3.02.